The number of benzene rings is 1. The van der Waals surface area contributed by atoms with Crippen molar-refractivity contribution in [2.75, 3.05) is 18.3 Å². The molecule has 0 aliphatic carbocycles. The lowest BCUT2D eigenvalue weighted by Crippen LogP contribution is -2.14. The van der Waals surface area contributed by atoms with Gasteiger partial charge in [-0.25, -0.2) is 0 Å². The first-order valence-corrected chi connectivity index (χ1v) is 9.13. The quantitative estimate of drug-likeness (QED) is 0.656. The van der Waals surface area contributed by atoms with E-state index < -0.39 is 18.2 Å². The van der Waals surface area contributed by atoms with Gasteiger partial charge in [-0.05, 0) is 30.2 Å². The van der Waals surface area contributed by atoms with Crippen LogP contribution in [0.1, 0.15) is 5.56 Å². The standard InChI is InChI=1S/C10H16O3S2/c1-14(2,15(11,12)13)9-8-10-6-4-3-5-7-10/h3-7H,8-9H2,1-2H3,(H,11,12,13). The zero-order valence-corrected chi connectivity index (χ0v) is 10.5. The van der Waals surface area contributed by atoms with Crippen molar-refractivity contribution in [2.24, 2.45) is 0 Å². The third kappa shape index (κ3) is 3.52. The lowest BCUT2D eigenvalue weighted by atomic mass is 10.2. The van der Waals surface area contributed by atoms with E-state index in [4.69, 9.17) is 4.55 Å². The molecule has 0 atom stereocenters. The topological polar surface area (TPSA) is 54.4 Å². The predicted molar refractivity (Wildman–Crippen MR) is 66.0 cm³/mol. The van der Waals surface area contributed by atoms with E-state index in [0.717, 1.165) is 5.56 Å². The molecule has 5 heteroatoms. The monoisotopic (exact) mass is 248 g/mol. The van der Waals surface area contributed by atoms with Crippen LogP contribution in [0.5, 0.6) is 0 Å². The lowest BCUT2D eigenvalue weighted by Gasteiger charge is -2.26. The molecule has 0 aliphatic rings. The fourth-order valence-corrected chi connectivity index (χ4v) is 2.93. The first kappa shape index (κ1) is 12.5. The van der Waals surface area contributed by atoms with Crippen LogP contribution in [-0.2, 0) is 15.6 Å². The lowest BCUT2D eigenvalue weighted by molar-refractivity contribution is 0.502. The van der Waals surface area contributed by atoms with Gasteiger partial charge in [-0.2, -0.15) is 8.42 Å². The number of rotatable bonds is 4. The summed E-state index contributed by atoms with van der Waals surface area (Å²) in [7, 11) is -5.86. The summed E-state index contributed by atoms with van der Waals surface area (Å²) in [5.74, 6) is 0.496. The van der Waals surface area contributed by atoms with Crippen molar-refractivity contribution in [3.8, 4) is 0 Å². The Balaban J connectivity index is 2.66. The van der Waals surface area contributed by atoms with Crippen LogP contribution in [0.2, 0.25) is 0 Å². The van der Waals surface area contributed by atoms with Gasteiger partial charge in [0.1, 0.15) is 0 Å². The van der Waals surface area contributed by atoms with Crippen LogP contribution >= 0.6 is 9.06 Å². The predicted octanol–water partition coefficient (Wildman–Crippen LogP) is 2.10. The van der Waals surface area contributed by atoms with E-state index >= 15 is 0 Å². The van der Waals surface area contributed by atoms with E-state index in [0.29, 0.717) is 12.2 Å². The molecule has 15 heavy (non-hydrogen) atoms. The fraction of sp³-hybridized carbons (Fsp3) is 0.400. The maximum absolute atomic E-state index is 11.1. The van der Waals surface area contributed by atoms with Crippen molar-refractivity contribution < 1.29 is 13.0 Å². The van der Waals surface area contributed by atoms with Gasteiger partial charge >= 0.3 is 9.15 Å². The summed E-state index contributed by atoms with van der Waals surface area (Å²) in [6.45, 7) is 0. The minimum atomic E-state index is -3.89. The molecule has 0 aliphatic heterocycles. The Morgan fingerprint density at radius 1 is 1.13 bits per heavy atom. The molecule has 0 amide bonds. The molecule has 0 fully saturated rings. The molecule has 1 aromatic carbocycles. The smallest absolute Gasteiger partial charge is 0.278 e. The zero-order valence-electron chi connectivity index (χ0n) is 8.88. The first-order chi connectivity index (χ1) is 6.83. The normalized spacial score (nSPS) is 13.8. The molecule has 0 bridgehead atoms. The Hall–Kier alpha value is -0.520. The van der Waals surface area contributed by atoms with Crippen molar-refractivity contribution >= 4 is 18.2 Å². The molecule has 0 unspecified atom stereocenters. The molecule has 0 aromatic heterocycles. The third-order valence-electron chi connectivity index (χ3n) is 2.30. The highest BCUT2D eigenvalue weighted by Gasteiger charge is 2.25. The molecular formula is C10H16O3S2. The van der Waals surface area contributed by atoms with Crippen molar-refractivity contribution in [3.63, 3.8) is 0 Å². The van der Waals surface area contributed by atoms with Crippen molar-refractivity contribution in [2.45, 2.75) is 6.42 Å². The minimum Gasteiger partial charge on any atom is -0.278 e. The second-order valence-corrected chi connectivity index (χ2v) is 11.9. The van der Waals surface area contributed by atoms with Gasteiger partial charge in [-0.3, -0.25) is 4.55 Å². The molecule has 1 aromatic rings. The third-order valence-corrected chi connectivity index (χ3v) is 8.54. The molecule has 0 spiro atoms. The van der Waals surface area contributed by atoms with Crippen molar-refractivity contribution in [1.29, 1.82) is 0 Å². The summed E-state index contributed by atoms with van der Waals surface area (Å²) in [5.41, 5.74) is 1.10. The van der Waals surface area contributed by atoms with Crippen LogP contribution in [0.4, 0.5) is 0 Å². The molecule has 1 N–H and O–H groups in total. The van der Waals surface area contributed by atoms with Crippen molar-refractivity contribution in [1.82, 2.24) is 0 Å². The molecule has 3 nitrogen and oxygen atoms in total. The number of hydrogen-bond donors (Lipinski definition) is 1. The van der Waals surface area contributed by atoms with E-state index in [9.17, 15) is 8.42 Å². The van der Waals surface area contributed by atoms with Gasteiger partial charge < -0.3 is 0 Å². The van der Waals surface area contributed by atoms with Gasteiger partial charge in [0.05, 0.1) is 0 Å². The Labute approximate surface area is 92.0 Å². The average Bonchev–Trinajstić information content (AvgIpc) is 2.15. The summed E-state index contributed by atoms with van der Waals surface area (Å²) in [5, 5.41) is 0. The first-order valence-electron chi connectivity index (χ1n) is 4.55. The molecule has 0 saturated heterocycles. The summed E-state index contributed by atoms with van der Waals surface area (Å²) >= 11 is 0. The molecular weight excluding hydrogens is 232 g/mol. The van der Waals surface area contributed by atoms with Gasteiger partial charge in [0, 0.05) is 0 Å². The van der Waals surface area contributed by atoms with E-state index in [1.807, 2.05) is 30.3 Å². The molecule has 0 heterocycles. The average molecular weight is 248 g/mol. The Bertz CT molecular complexity index is 410. The van der Waals surface area contributed by atoms with Crippen LogP contribution in [0.15, 0.2) is 30.3 Å². The minimum absolute atomic E-state index is 0.496. The van der Waals surface area contributed by atoms with Gasteiger partial charge in [0.25, 0.3) is 0 Å². The fourth-order valence-electron chi connectivity index (χ4n) is 1.11. The Kier molecular flexibility index (Phi) is 3.81. The second-order valence-electron chi connectivity index (χ2n) is 3.80. The largest absolute Gasteiger partial charge is 0.301 e. The highest BCUT2D eigenvalue weighted by atomic mass is 33.2. The summed E-state index contributed by atoms with van der Waals surface area (Å²) in [4.78, 5) is 0. The second kappa shape index (κ2) is 4.55. The van der Waals surface area contributed by atoms with Gasteiger partial charge in [0.2, 0.25) is 0 Å². The summed E-state index contributed by atoms with van der Waals surface area (Å²) in [6.07, 6.45) is 3.92. The molecule has 0 saturated carbocycles. The van der Waals surface area contributed by atoms with Crippen molar-refractivity contribution in [3.05, 3.63) is 35.9 Å². The van der Waals surface area contributed by atoms with Gasteiger partial charge in [0.15, 0.2) is 0 Å². The van der Waals surface area contributed by atoms with Gasteiger partial charge in [-0.1, -0.05) is 30.3 Å². The maximum Gasteiger partial charge on any atom is 0.301 e. The zero-order chi connectivity index (χ0) is 11.5. The van der Waals surface area contributed by atoms with Crippen LogP contribution in [-0.4, -0.2) is 31.2 Å². The summed E-state index contributed by atoms with van der Waals surface area (Å²) in [6, 6.07) is 9.68. The summed E-state index contributed by atoms with van der Waals surface area (Å²) < 4.78 is 31.2. The Morgan fingerprint density at radius 2 is 1.67 bits per heavy atom. The van der Waals surface area contributed by atoms with E-state index in [1.54, 1.807) is 12.5 Å². The number of hydrogen-bond acceptors (Lipinski definition) is 2. The Morgan fingerprint density at radius 3 is 2.13 bits per heavy atom. The maximum atomic E-state index is 11.1. The molecule has 86 valence electrons. The van der Waals surface area contributed by atoms with Crippen LogP contribution < -0.4 is 0 Å². The highest BCUT2D eigenvalue weighted by Crippen LogP contribution is 2.46. The molecule has 0 radical (unpaired) electrons. The van der Waals surface area contributed by atoms with Crippen LogP contribution in [0, 0.1) is 0 Å². The van der Waals surface area contributed by atoms with E-state index in [1.165, 1.54) is 0 Å². The highest BCUT2D eigenvalue weighted by molar-refractivity contribution is 8.88. The SMILES string of the molecule is CS(C)(CCc1ccccc1)S(=O)(=O)O. The van der Waals surface area contributed by atoms with Crippen LogP contribution in [0.3, 0.4) is 0 Å². The van der Waals surface area contributed by atoms with E-state index in [-0.39, 0.29) is 0 Å². The molecule has 1 rings (SSSR count). The van der Waals surface area contributed by atoms with Crippen LogP contribution in [0.25, 0.3) is 0 Å². The van der Waals surface area contributed by atoms with E-state index in [2.05, 4.69) is 0 Å². The van der Waals surface area contributed by atoms with Gasteiger partial charge in [-0.15, -0.1) is 9.06 Å². The number of aryl methyl sites for hydroxylation is 1.